The lowest BCUT2D eigenvalue weighted by Crippen LogP contribution is -2.40. The van der Waals surface area contributed by atoms with Crippen molar-refractivity contribution in [2.45, 2.75) is 12.3 Å². The molecule has 0 saturated carbocycles. The molecular weight excluding hydrogens is 494 g/mol. The third-order valence-electron chi connectivity index (χ3n) is 5.97. The number of nitrogens with zero attached hydrogens (tertiary/aromatic N) is 4. The highest BCUT2D eigenvalue weighted by Crippen LogP contribution is 2.43. The summed E-state index contributed by atoms with van der Waals surface area (Å²) in [7, 11) is 2.27. The lowest BCUT2D eigenvalue weighted by molar-refractivity contribution is -0.139. The normalized spacial score (nSPS) is 17.2. The van der Waals surface area contributed by atoms with Crippen LogP contribution in [0.5, 0.6) is 0 Å². The molecule has 192 valence electrons. The quantitative estimate of drug-likeness (QED) is 0.539. The van der Waals surface area contributed by atoms with Gasteiger partial charge >= 0.3 is 17.9 Å². The van der Waals surface area contributed by atoms with Gasteiger partial charge in [0.1, 0.15) is 11.5 Å². The van der Waals surface area contributed by atoms with Crippen LogP contribution in [0.1, 0.15) is 17.9 Å². The smallest absolute Gasteiger partial charge is 0.355 e. The zero-order valence-electron chi connectivity index (χ0n) is 20.2. The SMILES string of the molecule is COC(=O)C1=C(C(=O)OC)N(c2cccc(N3N=C(C(=O)O)CC3=O)c2)C(N)=C(C#N)C1c1ccccc1. The summed E-state index contributed by atoms with van der Waals surface area (Å²) in [5.74, 6) is -4.92. The number of hydrogen-bond donors (Lipinski definition) is 2. The van der Waals surface area contributed by atoms with E-state index in [-0.39, 0.29) is 39.8 Å². The van der Waals surface area contributed by atoms with E-state index in [1.54, 1.807) is 30.3 Å². The van der Waals surface area contributed by atoms with Crippen molar-refractivity contribution >= 4 is 40.9 Å². The van der Waals surface area contributed by atoms with E-state index >= 15 is 0 Å². The first-order valence-corrected chi connectivity index (χ1v) is 11.1. The number of carbonyl (C=O) groups is 4. The molecule has 1 amide bonds. The molecule has 2 heterocycles. The highest BCUT2D eigenvalue weighted by atomic mass is 16.5. The highest BCUT2D eigenvalue weighted by molar-refractivity contribution is 6.42. The molecule has 0 saturated heterocycles. The van der Waals surface area contributed by atoms with Crippen LogP contribution in [0.2, 0.25) is 0 Å². The van der Waals surface area contributed by atoms with Gasteiger partial charge in [-0.1, -0.05) is 36.4 Å². The molecule has 12 nitrogen and oxygen atoms in total. The third-order valence-corrected chi connectivity index (χ3v) is 5.97. The van der Waals surface area contributed by atoms with Crippen molar-refractivity contribution in [3.05, 3.63) is 82.8 Å². The molecule has 4 rings (SSSR count). The van der Waals surface area contributed by atoms with Crippen LogP contribution in [-0.2, 0) is 28.7 Å². The number of hydrogen-bond acceptors (Lipinski definition) is 10. The van der Waals surface area contributed by atoms with Gasteiger partial charge in [-0.2, -0.15) is 15.4 Å². The van der Waals surface area contributed by atoms with Crippen LogP contribution >= 0.6 is 0 Å². The van der Waals surface area contributed by atoms with E-state index in [1.165, 1.54) is 29.2 Å². The van der Waals surface area contributed by atoms with Gasteiger partial charge < -0.3 is 20.3 Å². The van der Waals surface area contributed by atoms with Gasteiger partial charge in [0.25, 0.3) is 5.91 Å². The van der Waals surface area contributed by atoms with E-state index in [0.717, 1.165) is 19.2 Å². The molecule has 0 bridgehead atoms. The first-order chi connectivity index (χ1) is 18.2. The van der Waals surface area contributed by atoms with Gasteiger partial charge in [0, 0.05) is 5.69 Å². The Morgan fingerprint density at radius 2 is 1.71 bits per heavy atom. The molecule has 2 aromatic carbocycles. The van der Waals surface area contributed by atoms with Gasteiger partial charge in [0.15, 0.2) is 5.71 Å². The van der Waals surface area contributed by atoms with Crippen LogP contribution in [0.3, 0.4) is 0 Å². The van der Waals surface area contributed by atoms with Gasteiger partial charge in [-0.3, -0.25) is 9.69 Å². The van der Waals surface area contributed by atoms with E-state index in [4.69, 9.17) is 15.2 Å². The molecule has 12 heteroatoms. The maximum Gasteiger partial charge on any atom is 0.355 e. The van der Waals surface area contributed by atoms with Gasteiger partial charge in [-0.15, -0.1) is 0 Å². The summed E-state index contributed by atoms with van der Waals surface area (Å²) in [5.41, 5.74) is 6.51. The number of anilines is 2. The van der Waals surface area contributed by atoms with Crippen molar-refractivity contribution in [2.24, 2.45) is 10.8 Å². The predicted octanol–water partition coefficient (Wildman–Crippen LogP) is 1.76. The van der Waals surface area contributed by atoms with Crippen molar-refractivity contribution < 1.29 is 33.8 Å². The Hall–Kier alpha value is -5.44. The van der Waals surface area contributed by atoms with E-state index in [0.29, 0.717) is 5.56 Å². The molecule has 0 aliphatic carbocycles. The Balaban J connectivity index is 1.97. The fraction of sp³-hybridized carbons (Fsp3) is 0.154. The number of ether oxygens (including phenoxy) is 2. The number of carboxylic acid groups (broad SMARTS) is 1. The highest BCUT2D eigenvalue weighted by Gasteiger charge is 2.43. The molecule has 1 atom stereocenters. The summed E-state index contributed by atoms with van der Waals surface area (Å²) < 4.78 is 10.00. The minimum Gasteiger partial charge on any atom is -0.477 e. The summed E-state index contributed by atoms with van der Waals surface area (Å²) >= 11 is 0. The fourth-order valence-electron chi connectivity index (χ4n) is 4.30. The molecule has 38 heavy (non-hydrogen) atoms. The predicted molar refractivity (Wildman–Crippen MR) is 133 cm³/mol. The van der Waals surface area contributed by atoms with Crippen LogP contribution in [0, 0.1) is 11.3 Å². The standard InChI is InChI=1S/C26H21N5O7/c1-37-25(35)21-20(14-7-4-3-5-8-14)17(13-27)23(28)30(22(21)26(36)38-2)15-9-6-10-16(11-15)31-19(32)12-18(29-31)24(33)34/h3-11,20H,12,28H2,1-2H3,(H,33,34). The molecule has 0 fully saturated rings. The number of rotatable bonds is 6. The van der Waals surface area contributed by atoms with E-state index in [1.807, 2.05) is 0 Å². The maximum absolute atomic E-state index is 13.2. The van der Waals surface area contributed by atoms with Crippen LogP contribution in [0.15, 0.2) is 82.4 Å². The van der Waals surface area contributed by atoms with E-state index in [2.05, 4.69) is 11.2 Å². The Bertz CT molecular complexity index is 1490. The second kappa shape index (κ2) is 10.3. The number of methoxy groups -OCH3 is 2. The van der Waals surface area contributed by atoms with Gasteiger partial charge in [-0.05, 0) is 23.8 Å². The summed E-state index contributed by atoms with van der Waals surface area (Å²) in [5, 5.41) is 24.1. The first-order valence-electron chi connectivity index (χ1n) is 11.1. The average Bonchev–Trinajstić information content (AvgIpc) is 3.33. The second-order valence-corrected chi connectivity index (χ2v) is 8.09. The number of allylic oxidation sites excluding steroid dienone is 1. The molecule has 2 aromatic rings. The van der Waals surface area contributed by atoms with Crippen molar-refractivity contribution in [1.29, 1.82) is 5.26 Å². The van der Waals surface area contributed by atoms with Gasteiger partial charge in [0.2, 0.25) is 0 Å². The fourth-order valence-corrected chi connectivity index (χ4v) is 4.30. The average molecular weight is 515 g/mol. The Labute approximate surface area is 216 Å². The molecule has 3 N–H and O–H groups in total. The summed E-state index contributed by atoms with van der Waals surface area (Å²) in [4.78, 5) is 51.2. The number of hydrazone groups is 1. The van der Waals surface area contributed by atoms with Gasteiger partial charge in [-0.25, -0.2) is 14.4 Å². The van der Waals surface area contributed by atoms with Crippen LogP contribution in [0.25, 0.3) is 0 Å². The monoisotopic (exact) mass is 515 g/mol. The van der Waals surface area contributed by atoms with Crippen molar-refractivity contribution in [2.75, 3.05) is 24.1 Å². The number of aliphatic carboxylic acids is 1. The van der Waals surface area contributed by atoms with Crippen molar-refractivity contribution in [1.82, 2.24) is 0 Å². The number of nitrogens with two attached hydrogens (primary N) is 1. The number of benzene rings is 2. The molecule has 2 aliphatic rings. The lowest BCUT2D eigenvalue weighted by Gasteiger charge is -2.36. The topological polar surface area (TPSA) is 176 Å². The zero-order valence-corrected chi connectivity index (χ0v) is 20.2. The summed E-state index contributed by atoms with van der Waals surface area (Å²) in [6.45, 7) is 0. The molecule has 2 aliphatic heterocycles. The molecular formula is C26H21N5O7. The molecule has 1 unspecified atom stereocenters. The minimum absolute atomic E-state index is 0.0295. The number of carbonyl (C=O) groups excluding carboxylic acids is 3. The van der Waals surface area contributed by atoms with Crippen molar-refractivity contribution in [3.8, 4) is 6.07 Å². The largest absolute Gasteiger partial charge is 0.477 e. The number of amides is 1. The van der Waals surface area contributed by atoms with E-state index < -0.39 is 36.2 Å². The minimum atomic E-state index is -1.33. The Kier molecular flexibility index (Phi) is 6.93. The van der Waals surface area contributed by atoms with Gasteiger partial charge in [0.05, 0.1) is 49.5 Å². The molecule has 0 radical (unpaired) electrons. The summed E-state index contributed by atoms with van der Waals surface area (Å²) in [6.07, 6.45) is -0.400. The van der Waals surface area contributed by atoms with E-state index in [9.17, 15) is 29.5 Å². The zero-order chi connectivity index (χ0) is 27.6. The Morgan fingerprint density at radius 3 is 2.29 bits per heavy atom. The maximum atomic E-state index is 13.2. The second-order valence-electron chi connectivity index (χ2n) is 8.09. The number of carboxylic acids is 1. The van der Waals surface area contributed by atoms with Crippen LogP contribution < -0.4 is 15.6 Å². The van der Waals surface area contributed by atoms with Crippen LogP contribution in [-0.4, -0.2) is 48.9 Å². The molecule has 0 aromatic heterocycles. The molecule has 0 spiro atoms. The van der Waals surface area contributed by atoms with Crippen LogP contribution in [0.4, 0.5) is 11.4 Å². The number of nitriles is 1. The third kappa shape index (κ3) is 4.33. The summed E-state index contributed by atoms with van der Waals surface area (Å²) in [6, 6.07) is 16.5. The number of esters is 2. The first kappa shape index (κ1) is 25.6. The Morgan fingerprint density at radius 1 is 1.05 bits per heavy atom. The lowest BCUT2D eigenvalue weighted by atomic mass is 9.81. The van der Waals surface area contributed by atoms with Crippen molar-refractivity contribution in [3.63, 3.8) is 0 Å².